The second-order valence-electron chi connectivity index (χ2n) is 8.36. The first-order chi connectivity index (χ1) is 14.4. The van der Waals surface area contributed by atoms with Gasteiger partial charge in [0.1, 0.15) is 11.5 Å². The van der Waals surface area contributed by atoms with Crippen molar-refractivity contribution in [2.75, 3.05) is 0 Å². The quantitative estimate of drug-likeness (QED) is 0.305. The van der Waals surface area contributed by atoms with Gasteiger partial charge in [-0.15, -0.1) is 12.4 Å². The SMILES string of the molecule is Cl.Cn1nc(C(C)(C)C)c(Cl)c1-c1nc2ccc(-c3c(F)cccc3C(F)(F)F)cc2[nH]1. The summed E-state index contributed by atoms with van der Waals surface area (Å²) in [5.74, 6) is -0.523. The molecule has 4 rings (SSSR count). The summed E-state index contributed by atoms with van der Waals surface area (Å²) in [4.78, 5) is 7.60. The topological polar surface area (TPSA) is 46.5 Å². The van der Waals surface area contributed by atoms with E-state index in [9.17, 15) is 17.6 Å². The maximum Gasteiger partial charge on any atom is 0.417 e. The summed E-state index contributed by atoms with van der Waals surface area (Å²) in [6.45, 7) is 5.97. The maximum atomic E-state index is 14.4. The third-order valence-corrected chi connectivity index (χ3v) is 5.37. The molecule has 0 bridgehead atoms. The molecule has 4 aromatic rings. The monoisotopic (exact) mass is 486 g/mol. The second kappa shape index (κ2) is 8.08. The summed E-state index contributed by atoms with van der Waals surface area (Å²) in [5.41, 5.74) is 0.514. The van der Waals surface area contributed by atoms with E-state index < -0.39 is 23.1 Å². The van der Waals surface area contributed by atoms with Gasteiger partial charge in [-0.1, -0.05) is 44.5 Å². The summed E-state index contributed by atoms with van der Waals surface area (Å²) in [7, 11) is 1.74. The average molecular weight is 487 g/mol. The molecule has 0 spiro atoms. The van der Waals surface area contributed by atoms with E-state index in [1.165, 1.54) is 12.1 Å². The van der Waals surface area contributed by atoms with Crippen molar-refractivity contribution < 1.29 is 17.6 Å². The normalized spacial score (nSPS) is 12.3. The van der Waals surface area contributed by atoms with Crippen LogP contribution in [0.5, 0.6) is 0 Å². The van der Waals surface area contributed by atoms with Gasteiger partial charge in [0.25, 0.3) is 0 Å². The predicted octanol–water partition coefficient (Wildman–Crippen LogP) is 7.16. The number of imidazole rings is 1. The van der Waals surface area contributed by atoms with Crippen LogP contribution < -0.4 is 0 Å². The van der Waals surface area contributed by atoms with E-state index in [4.69, 9.17) is 11.6 Å². The fourth-order valence-electron chi connectivity index (χ4n) is 3.57. The summed E-state index contributed by atoms with van der Waals surface area (Å²) in [6.07, 6.45) is -4.68. The van der Waals surface area contributed by atoms with Crippen molar-refractivity contribution in [2.45, 2.75) is 32.4 Å². The minimum Gasteiger partial charge on any atom is -0.337 e. The van der Waals surface area contributed by atoms with Crippen LogP contribution in [0.1, 0.15) is 32.0 Å². The Labute approximate surface area is 193 Å². The van der Waals surface area contributed by atoms with Crippen molar-refractivity contribution in [3.8, 4) is 22.6 Å². The zero-order valence-corrected chi connectivity index (χ0v) is 19.2. The number of hydrogen-bond acceptors (Lipinski definition) is 2. The molecule has 2 aromatic carbocycles. The van der Waals surface area contributed by atoms with Gasteiger partial charge in [0.15, 0.2) is 5.82 Å². The second-order valence-corrected chi connectivity index (χ2v) is 8.74. The lowest BCUT2D eigenvalue weighted by Gasteiger charge is -2.15. The van der Waals surface area contributed by atoms with Gasteiger partial charge in [0.2, 0.25) is 0 Å². The van der Waals surface area contributed by atoms with Gasteiger partial charge < -0.3 is 4.98 Å². The van der Waals surface area contributed by atoms with E-state index in [2.05, 4.69) is 15.1 Å². The molecule has 0 atom stereocenters. The molecule has 10 heteroatoms. The van der Waals surface area contributed by atoms with Crippen LogP contribution in [0.25, 0.3) is 33.7 Å². The summed E-state index contributed by atoms with van der Waals surface area (Å²) < 4.78 is 56.3. The van der Waals surface area contributed by atoms with Gasteiger partial charge >= 0.3 is 6.18 Å². The third kappa shape index (κ3) is 4.09. The Bertz CT molecular complexity index is 1300. The lowest BCUT2D eigenvalue weighted by atomic mass is 9.92. The number of rotatable bonds is 2. The molecule has 0 aliphatic carbocycles. The fourth-order valence-corrected chi connectivity index (χ4v) is 4.10. The summed E-state index contributed by atoms with van der Waals surface area (Å²) >= 11 is 6.58. The largest absolute Gasteiger partial charge is 0.417 e. The Kier molecular flexibility index (Phi) is 6.08. The molecule has 0 aliphatic rings. The highest BCUT2D eigenvalue weighted by Gasteiger charge is 2.35. The van der Waals surface area contributed by atoms with E-state index in [1.54, 1.807) is 17.8 Å². The van der Waals surface area contributed by atoms with Crippen molar-refractivity contribution >= 4 is 35.0 Å². The number of hydrogen-bond donors (Lipinski definition) is 1. The highest BCUT2D eigenvalue weighted by molar-refractivity contribution is 6.33. The lowest BCUT2D eigenvalue weighted by molar-refractivity contribution is -0.137. The Morgan fingerprint density at radius 2 is 1.75 bits per heavy atom. The minimum atomic E-state index is -4.68. The van der Waals surface area contributed by atoms with Crippen LogP contribution in [0, 0.1) is 5.82 Å². The highest BCUT2D eigenvalue weighted by atomic mass is 35.5. The molecule has 2 aromatic heterocycles. The molecule has 0 saturated carbocycles. The van der Waals surface area contributed by atoms with Crippen molar-refractivity contribution in [3.05, 3.63) is 58.5 Å². The molecular weight excluding hydrogens is 467 g/mol. The first-order valence-electron chi connectivity index (χ1n) is 9.47. The van der Waals surface area contributed by atoms with Crippen LogP contribution >= 0.6 is 24.0 Å². The molecule has 0 fully saturated rings. The van der Waals surface area contributed by atoms with Crippen molar-refractivity contribution in [2.24, 2.45) is 7.05 Å². The van der Waals surface area contributed by atoms with Crippen LogP contribution in [0.2, 0.25) is 5.02 Å². The number of alkyl halides is 3. The van der Waals surface area contributed by atoms with E-state index in [0.717, 1.165) is 18.2 Å². The molecule has 4 nitrogen and oxygen atoms in total. The van der Waals surface area contributed by atoms with Gasteiger partial charge in [-0.2, -0.15) is 18.3 Å². The number of fused-ring (bicyclic) bond motifs is 1. The van der Waals surface area contributed by atoms with Gasteiger partial charge in [-0.3, -0.25) is 4.68 Å². The fraction of sp³-hybridized carbons (Fsp3) is 0.273. The molecular formula is C22H20Cl2F4N4. The number of aryl methyl sites for hydroxylation is 1. The van der Waals surface area contributed by atoms with Gasteiger partial charge in [0, 0.05) is 18.0 Å². The summed E-state index contributed by atoms with van der Waals surface area (Å²) in [6, 6.07) is 7.35. The number of aromatic amines is 1. The Morgan fingerprint density at radius 1 is 1.06 bits per heavy atom. The molecule has 1 N–H and O–H groups in total. The predicted molar refractivity (Wildman–Crippen MR) is 120 cm³/mol. The van der Waals surface area contributed by atoms with E-state index in [1.807, 2.05) is 20.8 Å². The minimum absolute atomic E-state index is 0. The first kappa shape index (κ1) is 24.1. The van der Waals surface area contributed by atoms with Gasteiger partial charge in [-0.05, 0) is 29.8 Å². The Hall–Kier alpha value is -2.58. The van der Waals surface area contributed by atoms with E-state index in [0.29, 0.717) is 33.3 Å². The van der Waals surface area contributed by atoms with E-state index in [-0.39, 0.29) is 23.4 Å². The third-order valence-electron chi connectivity index (χ3n) is 5.01. The smallest absolute Gasteiger partial charge is 0.337 e. The maximum absolute atomic E-state index is 14.4. The molecule has 0 aliphatic heterocycles. The number of nitrogens with zero attached hydrogens (tertiary/aromatic N) is 3. The zero-order chi connectivity index (χ0) is 22.7. The van der Waals surface area contributed by atoms with Crippen LogP contribution in [0.15, 0.2) is 36.4 Å². The number of halogens is 6. The molecule has 0 radical (unpaired) electrons. The highest BCUT2D eigenvalue weighted by Crippen LogP contribution is 2.40. The van der Waals surface area contributed by atoms with Crippen LogP contribution in [0.4, 0.5) is 17.6 Å². The zero-order valence-electron chi connectivity index (χ0n) is 17.6. The van der Waals surface area contributed by atoms with Gasteiger partial charge in [0.05, 0.1) is 27.3 Å². The van der Waals surface area contributed by atoms with Crippen LogP contribution in [-0.2, 0) is 18.6 Å². The van der Waals surface area contributed by atoms with Crippen molar-refractivity contribution in [3.63, 3.8) is 0 Å². The van der Waals surface area contributed by atoms with Crippen LogP contribution in [0.3, 0.4) is 0 Å². The lowest BCUT2D eigenvalue weighted by Crippen LogP contribution is -2.12. The Morgan fingerprint density at radius 3 is 2.34 bits per heavy atom. The number of H-pyrrole nitrogens is 1. The van der Waals surface area contributed by atoms with Crippen LogP contribution in [-0.4, -0.2) is 19.7 Å². The number of benzene rings is 2. The number of nitrogens with one attached hydrogen (secondary N) is 1. The van der Waals surface area contributed by atoms with Crippen molar-refractivity contribution in [1.29, 1.82) is 0 Å². The molecule has 0 saturated heterocycles. The molecule has 170 valence electrons. The summed E-state index contributed by atoms with van der Waals surface area (Å²) in [5, 5.41) is 4.94. The first-order valence-corrected chi connectivity index (χ1v) is 9.85. The Balaban J connectivity index is 0.00000289. The molecule has 0 amide bonds. The standard InChI is InChI=1S/C22H19ClF4N4.ClH/c1-21(2,3)19-17(23)18(31(4)30-19)20-28-14-9-8-11(10-15(14)29-20)16-12(22(25,26)27)6-5-7-13(16)24;/h5-10H,1-4H3,(H,28,29);1H. The molecule has 0 unspecified atom stereocenters. The molecule has 2 heterocycles. The van der Waals surface area contributed by atoms with Gasteiger partial charge in [-0.25, -0.2) is 9.37 Å². The number of aromatic nitrogens is 4. The average Bonchev–Trinajstić information content (AvgIpc) is 3.19. The molecule has 32 heavy (non-hydrogen) atoms. The van der Waals surface area contributed by atoms with E-state index >= 15 is 0 Å². The van der Waals surface area contributed by atoms with Crippen molar-refractivity contribution in [1.82, 2.24) is 19.7 Å².